The molecular weight excluding hydrogens is 464 g/mol. The molecule has 5 rings (SSSR count). The summed E-state index contributed by atoms with van der Waals surface area (Å²) in [5.41, 5.74) is 0. The Morgan fingerprint density at radius 3 is 1.85 bits per heavy atom. The van der Waals surface area contributed by atoms with Crippen LogP contribution in [0.4, 0.5) is 17.6 Å². The van der Waals surface area contributed by atoms with Crippen molar-refractivity contribution in [3.63, 3.8) is 0 Å². The third kappa shape index (κ3) is 3.51. The maximum Gasteiger partial charge on any atom is 0.431 e. The number of hydrogen-bond donors (Lipinski definition) is 0. The highest BCUT2D eigenvalue weighted by molar-refractivity contribution is 7.87. The summed E-state index contributed by atoms with van der Waals surface area (Å²) in [5.74, 6) is -8.18. The van der Waals surface area contributed by atoms with E-state index in [0.717, 1.165) is 64.2 Å². The lowest BCUT2D eigenvalue weighted by Gasteiger charge is -2.46. The molecule has 0 amide bonds. The van der Waals surface area contributed by atoms with Gasteiger partial charge in [-0.05, 0) is 50.4 Å². The molecule has 1 saturated heterocycles. The first kappa shape index (κ1) is 24.3. The van der Waals surface area contributed by atoms with Crippen LogP contribution < -0.4 is 0 Å². The van der Waals surface area contributed by atoms with Crippen molar-refractivity contribution in [2.45, 2.75) is 106 Å². The van der Waals surface area contributed by atoms with Crippen LogP contribution in [0, 0.1) is 29.6 Å². The fourth-order valence-corrected chi connectivity index (χ4v) is 8.35. The zero-order valence-electron chi connectivity index (χ0n) is 19.0. The number of rotatable bonds is 6. The molecule has 0 radical (unpaired) electrons. The molecule has 5 nitrogen and oxygen atoms in total. The van der Waals surface area contributed by atoms with E-state index in [2.05, 4.69) is 4.18 Å². The molecule has 190 valence electrons. The third-order valence-corrected chi connectivity index (χ3v) is 10.6. The fraction of sp³-hybridized carbons (Fsp3) is 1.00. The Morgan fingerprint density at radius 2 is 1.33 bits per heavy atom. The molecule has 4 aliphatic carbocycles. The van der Waals surface area contributed by atoms with E-state index in [-0.39, 0.29) is 30.3 Å². The molecule has 5 aliphatic rings. The van der Waals surface area contributed by atoms with Gasteiger partial charge in [0.2, 0.25) is 0 Å². The van der Waals surface area contributed by atoms with Crippen LogP contribution in [-0.4, -0.2) is 44.7 Å². The van der Waals surface area contributed by atoms with E-state index in [9.17, 15) is 17.2 Å². The van der Waals surface area contributed by atoms with Crippen molar-refractivity contribution in [3.05, 3.63) is 0 Å². The number of halogens is 4. The van der Waals surface area contributed by atoms with Crippen molar-refractivity contribution < 1.29 is 39.6 Å². The van der Waals surface area contributed by atoms with Gasteiger partial charge in [0.25, 0.3) is 0 Å². The monoisotopic (exact) mass is 498 g/mol. The van der Waals surface area contributed by atoms with Gasteiger partial charge in [-0.2, -0.15) is 26.0 Å². The van der Waals surface area contributed by atoms with Gasteiger partial charge in [-0.15, -0.1) is 0 Å². The summed E-state index contributed by atoms with van der Waals surface area (Å²) < 4.78 is 99.7. The van der Waals surface area contributed by atoms with E-state index < -0.39 is 45.0 Å². The molecule has 0 spiro atoms. The van der Waals surface area contributed by atoms with Gasteiger partial charge in [-0.3, -0.25) is 4.18 Å². The Bertz CT molecular complexity index is 820. The van der Waals surface area contributed by atoms with Gasteiger partial charge in [0.15, 0.2) is 5.79 Å². The second-order valence-electron chi connectivity index (χ2n) is 10.8. The molecule has 1 aliphatic heterocycles. The average molecular weight is 499 g/mol. The van der Waals surface area contributed by atoms with Gasteiger partial charge in [0, 0.05) is 17.8 Å². The number of alkyl halides is 4. The van der Waals surface area contributed by atoms with Crippen molar-refractivity contribution in [1.82, 2.24) is 0 Å². The molecule has 2 bridgehead atoms. The maximum atomic E-state index is 15.1. The zero-order chi connectivity index (χ0) is 23.6. The van der Waals surface area contributed by atoms with E-state index >= 15 is 8.78 Å². The van der Waals surface area contributed by atoms with Gasteiger partial charge in [-0.1, -0.05) is 38.5 Å². The van der Waals surface area contributed by atoms with Crippen LogP contribution in [0.5, 0.6) is 0 Å². The van der Waals surface area contributed by atoms with Gasteiger partial charge in [0.1, 0.15) is 0 Å². The smallest absolute Gasteiger partial charge is 0.343 e. The topological polar surface area (TPSA) is 61.8 Å². The van der Waals surface area contributed by atoms with E-state index in [1.165, 1.54) is 0 Å². The van der Waals surface area contributed by atoms with E-state index in [1.54, 1.807) is 0 Å². The van der Waals surface area contributed by atoms with Gasteiger partial charge >= 0.3 is 21.3 Å². The summed E-state index contributed by atoms with van der Waals surface area (Å²) in [6.07, 6.45) is 9.54. The summed E-state index contributed by atoms with van der Waals surface area (Å²) in [7, 11) is -5.27. The van der Waals surface area contributed by atoms with Crippen LogP contribution >= 0.6 is 0 Å². The van der Waals surface area contributed by atoms with Crippen molar-refractivity contribution in [3.8, 4) is 0 Å². The Kier molecular flexibility index (Phi) is 6.10. The quantitative estimate of drug-likeness (QED) is 0.358. The first-order chi connectivity index (χ1) is 15.5. The Labute approximate surface area is 193 Å². The van der Waals surface area contributed by atoms with E-state index in [1.807, 2.05) is 0 Å². The first-order valence-electron chi connectivity index (χ1n) is 12.5. The second-order valence-corrected chi connectivity index (χ2v) is 12.6. The van der Waals surface area contributed by atoms with E-state index in [0.29, 0.717) is 13.5 Å². The van der Waals surface area contributed by atoms with Crippen LogP contribution in [0.15, 0.2) is 0 Å². The predicted octanol–water partition coefficient (Wildman–Crippen LogP) is 5.49. The minimum atomic E-state index is -5.74. The second kappa shape index (κ2) is 8.30. The molecule has 5 unspecified atom stereocenters. The molecule has 5 fully saturated rings. The minimum absolute atomic E-state index is 0.189. The molecule has 10 heteroatoms. The number of hydrogen-bond acceptors (Lipinski definition) is 5. The van der Waals surface area contributed by atoms with Crippen LogP contribution in [-0.2, 0) is 23.8 Å². The molecule has 4 saturated carbocycles. The Morgan fingerprint density at radius 1 is 0.818 bits per heavy atom. The molecule has 0 aromatic carbocycles. The van der Waals surface area contributed by atoms with Crippen LogP contribution in [0.3, 0.4) is 0 Å². The van der Waals surface area contributed by atoms with Gasteiger partial charge in [0.05, 0.1) is 19.3 Å². The zero-order valence-corrected chi connectivity index (χ0v) is 19.8. The first-order valence-corrected chi connectivity index (χ1v) is 13.9. The SMILES string of the molecule is COS(=O)(=O)C(F)(F)C(F)(F)C1CC2CC1C1OC(C3CCCCC3)(C3CCCCC3)OC21. The molecular formula is C23H34F4O5S. The fourth-order valence-electron chi connectivity index (χ4n) is 7.66. The normalized spacial score (nSPS) is 38.0. The predicted molar refractivity (Wildman–Crippen MR) is 111 cm³/mol. The number of ether oxygens (including phenoxy) is 2. The summed E-state index contributed by atoms with van der Waals surface area (Å²) in [5, 5.41) is -5.30. The van der Waals surface area contributed by atoms with Gasteiger partial charge < -0.3 is 9.47 Å². The highest BCUT2D eigenvalue weighted by Crippen LogP contribution is 2.64. The summed E-state index contributed by atoms with van der Waals surface area (Å²) >= 11 is 0. The molecule has 33 heavy (non-hydrogen) atoms. The molecule has 1 heterocycles. The summed E-state index contributed by atoms with van der Waals surface area (Å²) in [6, 6.07) is 0. The van der Waals surface area contributed by atoms with Crippen molar-refractivity contribution in [2.75, 3.05) is 7.11 Å². The highest BCUT2D eigenvalue weighted by Gasteiger charge is 2.76. The standard InChI is InChI=1S/C23H34F4O5S/c1-30-33(28,29)23(26,27)22(24,25)18-13-14-12-17(18)20-19(14)31-21(32-20,15-8-4-2-5-9-15)16-10-6-3-7-11-16/h14-20H,2-13H2,1H3. The van der Waals surface area contributed by atoms with Crippen LogP contribution in [0.25, 0.3) is 0 Å². The summed E-state index contributed by atoms with van der Waals surface area (Å²) in [6.45, 7) is 0. The number of fused-ring (bicyclic) bond motifs is 5. The van der Waals surface area contributed by atoms with Crippen molar-refractivity contribution in [1.29, 1.82) is 0 Å². The van der Waals surface area contributed by atoms with Crippen LogP contribution in [0.1, 0.15) is 77.0 Å². The molecule has 0 aromatic heterocycles. The Balaban J connectivity index is 1.43. The highest BCUT2D eigenvalue weighted by atomic mass is 32.2. The Hall–Kier alpha value is -0.450. The average Bonchev–Trinajstić information content (AvgIpc) is 3.51. The minimum Gasteiger partial charge on any atom is -0.343 e. The molecule has 0 N–H and O–H groups in total. The maximum absolute atomic E-state index is 15.1. The molecule has 5 atom stereocenters. The third-order valence-electron chi connectivity index (χ3n) is 9.23. The van der Waals surface area contributed by atoms with Crippen molar-refractivity contribution >= 4 is 10.1 Å². The lowest BCUT2D eigenvalue weighted by Crippen LogP contribution is -2.55. The van der Waals surface area contributed by atoms with Crippen LogP contribution in [0.2, 0.25) is 0 Å². The molecule has 0 aromatic rings. The largest absolute Gasteiger partial charge is 0.431 e. The lowest BCUT2D eigenvalue weighted by atomic mass is 9.72. The lowest BCUT2D eigenvalue weighted by molar-refractivity contribution is -0.265. The summed E-state index contributed by atoms with van der Waals surface area (Å²) in [4.78, 5) is 0. The van der Waals surface area contributed by atoms with Gasteiger partial charge in [-0.25, -0.2) is 0 Å². The van der Waals surface area contributed by atoms with E-state index in [4.69, 9.17) is 9.47 Å². The van der Waals surface area contributed by atoms with Crippen molar-refractivity contribution in [2.24, 2.45) is 29.6 Å².